The Kier molecular flexibility index (Phi) is 2.56. The molecule has 3 rings (SSSR count). The van der Waals surface area contributed by atoms with Gasteiger partial charge in [0.15, 0.2) is 5.65 Å². The van der Waals surface area contributed by atoms with Crippen LogP contribution in [0.5, 0.6) is 0 Å². The van der Waals surface area contributed by atoms with Gasteiger partial charge >= 0.3 is 5.69 Å². The van der Waals surface area contributed by atoms with Gasteiger partial charge < -0.3 is 5.32 Å². The summed E-state index contributed by atoms with van der Waals surface area (Å²) in [6, 6.07) is 1.72. The summed E-state index contributed by atoms with van der Waals surface area (Å²) in [6.45, 7) is 2.37. The van der Waals surface area contributed by atoms with Gasteiger partial charge in [-0.25, -0.2) is 24.3 Å². The van der Waals surface area contributed by atoms with Crippen LogP contribution in [0.4, 0.5) is 5.82 Å². The Hall–Kier alpha value is -2.22. The van der Waals surface area contributed by atoms with Crippen LogP contribution in [0.1, 0.15) is 10.8 Å². The maximum atomic E-state index is 11.4. The maximum absolute atomic E-state index is 11.4. The number of nitrogens with zero attached hydrogens (tertiary/aromatic N) is 4. The van der Waals surface area contributed by atoms with E-state index in [1.165, 1.54) is 4.40 Å². The SMILES string of the molecule is Cc1nc(NCc2nccs2)cc2n[nH]c(=O)n12. The Morgan fingerprint density at radius 2 is 2.44 bits per heavy atom. The predicted octanol–water partition coefficient (Wildman–Crippen LogP) is 0.795. The molecule has 0 spiro atoms. The predicted molar refractivity (Wildman–Crippen MR) is 67.8 cm³/mol. The number of H-pyrrole nitrogens is 1. The standard InChI is InChI=1S/C10H10N6OS/c1-6-13-7(12-5-9-11-2-3-18-9)4-8-14-15-10(17)16(6)8/h2-4,12H,5H2,1H3,(H,15,17). The van der Waals surface area contributed by atoms with Crippen molar-refractivity contribution in [2.75, 3.05) is 5.32 Å². The highest BCUT2D eigenvalue weighted by Crippen LogP contribution is 2.10. The zero-order chi connectivity index (χ0) is 12.5. The minimum Gasteiger partial charge on any atom is -0.363 e. The van der Waals surface area contributed by atoms with E-state index in [-0.39, 0.29) is 5.69 Å². The van der Waals surface area contributed by atoms with Crippen molar-refractivity contribution in [2.45, 2.75) is 13.5 Å². The van der Waals surface area contributed by atoms with E-state index in [4.69, 9.17) is 0 Å². The van der Waals surface area contributed by atoms with Gasteiger partial charge in [-0.3, -0.25) is 0 Å². The third-order valence-electron chi connectivity index (χ3n) is 2.47. The third kappa shape index (κ3) is 1.86. The number of aromatic amines is 1. The van der Waals surface area contributed by atoms with E-state index in [0.717, 1.165) is 5.01 Å². The molecule has 0 atom stereocenters. The molecular weight excluding hydrogens is 252 g/mol. The number of hydrogen-bond donors (Lipinski definition) is 2. The average Bonchev–Trinajstić information content (AvgIpc) is 2.97. The number of nitrogens with one attached hydrogen (secondary N) is 2. The molecule has 3 aromatic heterocycles. The van der Waals surface area contributed by atoms with Gasteiger partial charge in [0.05, 0.1) is 6.54 Å². The van der Waals surface area contributed by atoms with Crippen LogP contribution in [0.3, 0.4) is 0 Å². The van der Waals surface area contributed by atoms with Crippen LogP contribution in [0.2, 0.25) is 0 Å². The first-order valence-corrected chi connectivity index (χ1v) is 6.19. The maximum Gasteiger partial charge on any atom is 0.349 e. The van der Waals surface area contributed by atoms with Gasteiger partial charge in [0.25, 0.3) is 0 Å². The van der Waals surface area contributed by atoms with Gasteiger partial charge in [-0.1, -0.05) is 0 Å². The second kappa shape index (κ2) is 4.22. The van der Waals surface area contributed by atoms with Gasteiger partial charge in [-0.15, -0.1) is 11.3 Å². The molecule has 0 aromatic carbocycles. The Labute approximate surface area is 106 Å². The number of hydrogen-bond acceptors (Lipinski definition) is 6. The van der Waals surface area contributed by atoms with Crippen LogP contribution in [-0.2, 0) is 6.54 Å². The highest BCUT2D eigenvalue weighted by molar-refractivity contribution is 7.09. The normalized spacial score (nSPS) is 10.9. The minimum absolute atomic E-state index is 0.276. The lowest BCUT2D eigenvalue weighted by Crippen LogP contribution is -2.14. The number of fused-ring (bicyclic) bond motifs is 1. The zero-order valence-corrected chi connectivity index (χ0v) is 10.4. The molecule has 18 heavy (non-hydrogen) atoms. The van der Waals surface area contributed by atoms with Crippen LogP contribution >= 0.6 is 11.3 Å². The van der Waals surface area contributed by atoms with E-state index in [1.54, 1.807) is 30.5 Å². The summed E-state index contributed by atoms with van der Waals surface area (Å²) in [7, 11) is 0. The molecule has 0 bridgehead atoms. The highest BCUT2D eigenvalue weighted by Gasteiger charge is 2.06. The molecule has 0 radical (unpaired) electrons. The summed E-state index contributed by atoms with van der Waals surface area (Å²) in [5, 5.41) is 12.4. The van der Waals surface area contributed by atoms with Gasteiger partial charge in [0.2, 0.25) is 0 Å². The lowest BCUT2D eigenvalue weighted by atomic mass is 10.5. The van der Waals surface area contributed by atoms with Gasteiger partial charge in [-0.2, -0.15) is 5.10 Å². The fourth-order valence-corrected chi connectivity index (χ4v) is 2.25. The van der Waals surface area contributed by atoms with Gasteiger partial charge in [-0.05, 0) is 6.92 Å². The van der Waals surface area contributed by atoms with Crippen molar-refractivity contribution in [3.8, 4) is 0 Å². The molecule has 0 saturated carbocycles. The van der Waals surface area contributed by atoms with Crippen molar-refractivity contribution in [1.82, 2.24) is 24.6 Å². The molecule has 0 unspecified atom stereocenters. The number of aryl methyl sites for hydroxylation is 1. The summed E-state index contributed by atoms with van der Waals surface area (Å²) in [5.41, 5.74) is 0.274. The van der Waals surface area contributed by atoms with E-state index in [9.17, 15) is 4.79 Å². The van der Waals surface area contributed by atoms with Crippen LogP contribution in [0.15, 0.2) is 22.4 Å². The van der Waals surface area contributed by atoms with Crippen molar-refractivity contribution in [2.24, 2.45) is 0 Å². The first-order chi connectivity index (χ1) is 8.74. The van der Waals surface area contributed by atoms with Gasteiger partial charge in [0.1, 0.15) is 16.6 Å². The van der Waals surface area contributed by atoms with E-state index >= 15 is 0 Å². The molecule has 0 aliphatic carbocycles. The van der Waals surface area contributed by atoms with Crippen LogP contribution < -0.4 is 11.0 Å². The molecular formula is C10H10N6OS. The molecule has 92 valence electrons. The fourth-order valence-electron chi connectivity index (χ4n) is 1.69. The first-order valence-electron chi connectivity index (χ1n) is 5.31. The highest BCUT2D eigenvalue weighted by atomic mass is 32.1. The van der Waals surface area contributed by atoms with E-state index in [2.05, 4.69) is 25.5 Å². The van der Waals surface area contributed by atoms with Crippen molar-refractivity contribution < 1.29 is 0 Å². The molecule has 0 aliphatic rings. The summed E-state index contributed by atoms with van der Waals surface area (Å²) in [6.07, 6.45) is 1.76. The van der Waals surface area contributed by atoms with E-state index in [0.29, 0.717) is 23.8 Å². The Bertz CT molecular complexity index is 728. The molecule has 3 heterocycles. The topological polar surface area (TPSA) is 88.0 Å². The largest absolute Gasteiger partial charge is 0.363 e. The van der Waals surface area contributed by atoms with Crippen molar-refractivity contribution in [3.63, 3.8) is 0 Å². The van der Waals surface area contributed by atoms with Crippen LogP contribution in [-0.4, -0.2) is 24.6 Å². The second-order valence-electron chi connectivity index (χ2n) is 3.69. The average molecular weight is 262 g/mol. The molecule has 0 aliphatic heterocycles. The third-order valence-corrected chi connectivity index (χ3v) is 3.25. The lowest BCUT2D eigenvalue weighted by molar-refractivity contribution is 0.930. The number of aromatic nitrogens is 5. The number of thiazole rings is 1. The van der Waals surface area contributed by atoms with E-state index < -0.39 is 0 Å². The Morgan fingerprint density at radius 3 is 3.22 bits per heavy atom. The summed E-state index contributed by atoms with van der Waals surface area (Å²) >= 11 is 1.58. The molecule has 7 nitrogen and oxygen atoms in total. The second-order valence-corrected chi connectivity index (χ2v) is 4.67. The van der Waals surface area contributed by atoms with Crippen molar-refractivity contribution in [3.05, 3.63) is 39.0 Å². The first kappa shape index (κ1) is 10.9. The number of rotatable bonds is 3. The quantitative estimate of drug-likeness (QED) is 0.728. The summed E-state index contributed by atoms with van der Waals surface area (Å²) in [4.78, 5) is 19.9. The number of anilines is 1. The smallest absolute Gasteiger partial charge is 0.349 e. The van der Waals surface area contributed by atoms with E-state index in [1.807, 2.05) is 5.38 Å². The van der Waals surface area contributed by atoms with Crippen LogP contribution in [0.25, 0.3) is 5.65 Å². The summed E-state index contributed by atoms with van der Waals surface area (Å²) < 4.78 is 1.43. The van der Waals surface area contributed by atoms with Crippen molar-refractivity contribution in [1.29, 1.82) is 0 Å². The molecule has 0 amide bonds. The van der Waals surface area contributed by atoms with Crippen molar-refractivity contribution >= 4 is 22.8 Å². The Balaban J connectivity index is 1.91. The molecule has 8 heteroatoms. The minimum atomic E-state index is -0.276. The fraction of sp³-hybridized carbons (Fsp3) is 0.200. The van der Waals surface area contributed by atoms with Crippen LogP contribution in [0, 0.1) is 6.92 Å². The zero-order valence-electron chi connectivity index (χ0n) is 9.54. The molecule has 3 aromatic rings. The lowest BCUT2D eigenvalue weighted by Gasteiger charge is -2.05. The Morgan fingerprint density at radius 1 is 1.56 bits per heavy atom. The molecule has 0 fully saturated rings. The molecule has 2 N–H and O–H groups in total. The monoisotopic (exact) mass is 262 g/mol. The summed E-state index contributed by atoms with van der Waals surface area (Å²) in [5.74, 6) is 1.27. The van der Waals surface area contributed by atoms with Gasteiger partial charge in [0, 0.05) is 17.6 Å². The molecule has 0 saturated heterocycles.